The standard InChI is InChI=1S/C14H21N5/c1-2-3-13-8-16-11-18(13)14-9-17-19(10-14)12-4-6-15-7-5-12/h8-12,15H,2-7H2,1H3. The predicted molar refractivity (Wildman–Crippen MR) is 74.5 cm³/mol. The second-order valence-corrected chi connectivity index (χ2v) is 5.16. The molecule has 0 amide bonds. The Morgan fingerprint density at radius 1 is 1.32 bits per heavy atom. The molecule has 0 spiro atoms. The molecule has 3 rings (SSSR count). The summed E-state index contributed by atoms with van der Waals surface area (Å²) in [5.41, 5.74) is 2.38. The van der Waals surface area contributed by atoms with Gasteiger partial charge in [0.05, 0.1) is 24.3 Å². The first-order valence-corrected chi connectivity index (χ1v) is 7.15. The highest BCUT2D eigenvalue weighted by atomic mass is 15.3. The molecule has 3 heterocycles. The van der Waals surface area contributed by atoms with Crippen molar-refractivity contribution in [1.29, 1.82) is 0 Å². The summed E-state index contributed by atoms with van der Waals surface area (Å²) in [5, 5.41) is 7.93. The molecular formula is C14H21N5. The molecule has 0 unspecified atom stereocenters. The molecule has 0 aromatic carbocycles. The third-order valence-electron chi connectivity index (χ3n) is 3.77. The van der Waals surface area contributed by atoms with Gasteiger partial charge in [0.25, 0.3) is 0 Å². The van der Waals surface area contributed by atoms with Crippen LogP contribution in [0.4, 0.5) is 0 Å². The van der Waals surface area contributed by atoms with Gasteiger partial charge in [-0.05, 0) is 32.4 Å². The van der Waals surface area contributed by atoms with E-state index in [1.807, 2.05) is 18.7 Å². The SMILES string of the molecule is CCCc1cncn1-c1cnn(C2CCNCC2)c1. The number of nitrogens with one attached hydrogen (secondary N) is 1. The van der Waals surface area contributed by atoms with Gasteiger partial charge in [-0.1, -0.05) is 13.3 Å². The zero-order valence-electron chi connectivity index (χ0n) is 11.4. The van der Waals surface area contributed by atoms with E-state index >= 15 is 0 Å². The van der Waals surface area contributed by atoms with E-state index in [0.29, 0.717) is 6.04 Å². The largest absolute Gasteiger partial charge is 0.317 e. The highest BCUT2D eigenvalue weighted by molar-refractivity contribution is 5.28. The molecule has 1 N–H and O–H groups in total. The van der Waals surface area contributed by atoms with Crippen LogP contribution in [0.15, 0.2) is 24.9 Å². The van der Waals surface area contributed by atoms with E-state index in [0.717, 1.165) is 44.5 Å². The minimum atomic E-state index is 0.535. The fourth-order valence-corrected chi connectivity index (χ4v) is 2.72. The molecular weight excluding hydrogens is 238 g/mol. The molecule has 1 aliphatic heterocycles. The van der Waals surface area contributed by atoms with Gasteiger partial charge in [-0.3, -0.25) is 4.68 Å². The molecule has 0 bridgehead atoms. The first kappa shape index (κ1) is 12.4. The Bertz CT molecular complexity index is 521. The van der Waals surface area contributed by atoms with E-state index < -0.39 is 0 Å². The smallest absolute Gasteiger partial charge is 0.0995 e. The van der Waals surface area contributed by atoms with Crippen LogP contribution in [-0.2, 0) is 6.42 Å². The van der Waals surface area contributed by atoms with Crippen LogP contribution < -0.4 is 5.32 Å². The van der Waals surface area contributed by atoms with Gasteiger partial charge < -0.3 is 9.88 Å². The molecule has 0 atom stereocenters. The molecule has 2 aromatic heterocycles. The van der Waals surface area contributed by atoms with E-state index in [1.54, 1.807) is 0 Å². The quantitative estimate of drug-likeness (QED) is 0.913. The summed E-state index contributed by atoms with van der Waals surface area (Å²) in [6, 6.07) is 0.535. The van der Waals surface area contributed by atoms with Crippen molar-refractivity contribution in [2.45, 2.75) is 38.6 Å². The first-order valence-electron chi connectivity index (χ1n) is 7.15. The number of aryl methyl sites for hydroxylation is 1. The first-order chi connectivity index (χ1) is 9.38. The summed E-state index contributed by atoms with van der Waals surface area (Å²) in [6.07, 6.45) is 12.4. The normalized spacial score (nSPS) is 16.9. The number of imidazole rings is 1. The van der Waals surface area contributed by atoms with Gasteiger partial charge in [-0.15, -0.1) is 0 Å². The lowest BCUT2D eigenvalue weighted by atomic mass is 10.1. The number of piperidine rings is 1. The average molecular weight is 259 g/mol. The Morgan fingerprint density at radius 3 is 2.95 bits per heavy atom. The Hall–Kier alpha value is -1.62. The predicted octanol–water partition coefficient (Wildman–Crippen LogP) is 1.95. The van der Waals surface area contributed by atoms with Crippen molar-refractivity contribution in [2.75, 3.05) is 13.1 Å². The minimum Gasteiger partial charge on any atom is -0.317 e. The molecule has 0 aliphatic carbocycles. The lowest BCUT2D eigenvalue weighted by molar-refractivity contribution is 0.343. The Kier molecular flexibility index (Phi) is 3.64. The number of hydrogen-bond donors (Lipinski definition) is 1. The molecule has 19 heavy (non-hydrogen) atoms. The van der Waals surface area contributed by atoms with Crippen LogP contribution in [0.5, 0.6) is 0 Å². The highest BCUT2D eigenvalue weighted by Crippen LogP contribution is 2.20. The third-order valence-corrected chi connectivity index (χ3v) is 3.77. The van der Waals surface area contributed by atoms with E-state index in [2.05, 4.69) is 37.8 Å². The molecule has 5 heteroatoms. The van der Waals surface area contributed by atoms with Gasteiger partial charge >= 0.3 is 0 Å². The maximum absolute atomic E-state index is 4.54. The van der Waals surface area contributed by atoms with Crippen molar-refractivity contribution >= 4 is 0 Å². The second-order valence-electron chi connectivity index (χ2n) is 5.16. The van der Waals surface area contributed by atoms with Crippen LogP contribution in [0.3, 0.4) is 0 Å². The number of aromatic nitrogens is 4. The van der Waals surface area contributed by atoms with Crippen molar-refractivity contribution in [3.63, 3.8) is 0 Å². The summed E-state index contributed by atoms with van der Waals surface area (Å²) >= 11 is 0. The van der Waals surface area contributed by atoms with Crippen LogP contribution in [0.1, 0.15) is 37.9 Å². The maximum atomic E-state index is 4.54. The molecule has 1 aliphatic rings. The van der Waals surface area contributed by atoms with E-state index in [4.69, 9.17) is 0 Å². The summed E-state index contributed by atoms with van der Waals surface area (Å²) < 4.78 is 4.26. The van der Waals surface area contributed by atoms with Gasteiger partial charge in [0, 0.05) is 18.1 Å². The average Bonchev–Trinajstić information content (AvgIpc) is 3.08. The minimum absolute atomic E-state index is 0.535. The lowest BCUT2D eigenvalue weighted by Gasteiger charge is -2.22. The topological polar surface area (TPSA) is 47.7 Å². The Labute approximate surface area is 113 Å². The van der Waals surface area contributed by atoms with E-state index in [-0.39, 0.29) is 0 Å². The zero-order valence-corrected chi connectivity index (χ0v) is 11.4. The molecule has 1 fully saturated rings. The summed E-state index contributed by atoms with van der Waals surface area (Å²) in [6.45, 7) is 4.37. The van der Waals surface area contributed by atoms with Crippen molar-refractivity contribution < 1.29 is 0 Å². The molecule has 5 nitrogen and oxygen atoms in total. The maximum Gasteiger partial charge on any atom is 0.0995 e. The van der Waals surface area contributed by atoms with E-state index in [1.165, 1.54) is 5.69 Å². The third kappa shape index (κ3) is 2.56. The van der Waals surface area contributed by atoms with E-state index in [9.17, 15) is 0 Å². The van der Waals surface area contributed by atoms with Crippen LogP contribution in [-0.4, -0.2) is 32.4 Å². The Balaban J connectivity index is 1.81. The summed E-state index contributed by atoms with van der Waals surface area (Å²) in [5.74, 6) is 0. The van der Waals surface area contributed by atoms with Crippen LogP contribution in [0, 0.1) is 0 Å². The molecule has 2 aromatic rings. The number of rotatable bonds is 4. The van der Waals surface area contributed by atoms with Crippen molar-refractivity contribution in [2.24, 2.45) is 0 Å². The van der Waals surface area contributed by atoms with Crippen LogP contribution in [0.2, 0.25) is 0 Å². The van der Waals surface area contributed by atoms with Crippen molar-refractivity contribution in [3.8, 4) is 5.69 Å². The van der Waals surface area contributed by atoms with Gasteiger partial charge in [-0.25, -0.2) is 4.98 Å². The summed E-state index contributed by atoms with van der Waals surface area (Å²) in [4.78, 5) is 4.25. The Morgan fingerprint density at radius 2 is 2.16 bits per heavy atom. The van der Waals surface area contributed by atoms with Gasteiger partial charge in [0.2, 0.25) is 0 Å². The fourth-order valence-electron chi connectivity index (χ4n) is 2.72. The van der Waals surface area contributed by atoms with Crippen molar-refractivity contribution in [1.82, 2.24) is 24.6 Å². The zero-order chi connectivity index (χ0) is 13.1. The number of nitrogens with zero attached hydrogens (tertiary/aromatic N) is 4. The lowest BCUT2D eigenvalue weighted by Crippen LogP contribution is -2.29. The van der Waals surface area contributed by atoms with Gasteiger partial charge in [0.1, 0.15) is 0 Å². The molecule has 1 saturated heterocycles. The molecule has 0 radical (unpaired) electrons. The van der Waals surface area contributed by atoms with Crippen LogP contribution >= 0.6 is 0 Å². The monoisotopic (exact) mass is 259 g/mol. The molecule has 102 valence electrons. The molecule has 0 saturated carbocycles. The van der Waals surface area contributed by atoms with Crippen LogP contribution in [0.25, 0.3) is 5.69 Å². The van der Waals surface area contributed by atoms with Gasteiger partial charge in [-0.2, -0.15) is 5.10 Å². The fraction of sp³-hybridized carbons (Fsp3) is 0.571. The highest BCUT2D eigenvalue weighted by Gasteiger charge is 2.16. The summed E-state index contributed by atoms with van der Waals surface area (Å²) in [7, 11) is 0. The van der Waals surface area contributed by atoms with Crippen molar-refractivity contribution in [3.05, 3.63) is 30.6 Å². The second kappa shape index (κ2) is 5.57. The van der Waals surface area contributed by atoms with Gasteiger partial charge in [0.15, 0.2) is 0 Å². The number of hydrogen-bond acceptors (Lipinski definition) is 3.